The molecule has 2 aromatic carbocycles. The number of hydrogen-bond acceptors (Lipinski definition) is 6. The predicted molar refractivity (Wildman–Crippen MR) is 102 cm³/mol. The largest absolute Gasteiger partial charge is 0.493 e. The fraction of sp³-hybridized carbons (Fsp3) is 0.333. The van der Waals surface area contributed by atoms with Crippen molar-refractivity contribution in [2.75, 3.05) is 26.9 Å². The minimum absolute atomic E-state index is 0.165. The molecule has 148 valence electrons. The second-order valence-corrected chi connectivity index (χ2v) is 6.17. The molecule has 1 heterocycles. The van der Waals surface area contributed by atoms with Crippen molar-refractivity contribution < 1.29 is 28.5 Å². The number of amides is 1. The number of para-hydroxylation sites is 1. The van der Waals surface area contributed by atoms with Gasteiger partial charge < -0.3 is 24.3 Å². The van der Waals surface area contributed by atoms with Crippen LogP contribution < -0.4 is 19.5 Å². The molecule has 7 heteroatoms. The molecule has 1 atom stereocenters. The lowest BCUT2D eigenvalue weighted by Gasteiger charge is -2.26. The first kappa shape index (κ1) is 19.5. The van der Waals surface area contributed by atoms with Crippen LogP contribution in [-0.4, -0.2) is 38.8 Å². The number of carbonyl (C=O) groups is 2. The molecule has 1 amide bonds. The van der Waals surface area contributed by atoms with Crippen LogP contribution in [0.25, 0.3) is 0 Å². The van der Waals surface area contributed by atoms with Crippen LogP contribution in [0.15, 0.2) is 42.5 Å². The Morgan fingerprint density at radius 1 is 1.18 bits per heavy atom. The quantitative estimate of drug-likeness (QED) is 0.738. The molecular formula is C21H23NO6. The lowest BCUT2D eigenvalue weighted by atomic mass is 10.0. The maximum atomic E-state index is 12.3. The number of ether oxygens (including phenoxy) is 4. The average Bonchev–Trinajstić information content (AvgIpc) is 2.72. The number of hydrogen-bond donors (Lipinski definition) is 1. The predicted octanol–water partition coefficient (Wildman–Crippen LogP) is 2.89. The van der Waals surface area contributed by atoms with Crippen molar-refractivity contribution in [3.63, 3.8) is 0 Å². The van der Waals surface area contributed by atoms with E-state index in [9.17, 15) is 9.59 Å². The highest BCUT2D eigenvalue weighted by atomic mass is 16.5. The molecular weight excluding hydrogens is 362 g/mol. The van der Waals surface area contributed by atoms with E-state index >= 15 is 0 Å². The number of methoxy groups -OCH3 is 1. The molecule has 0 spiro atoms. The second kappa shape index (κ2) is 9.12. The summed E-state index contributed by atoms with van der Waals surface area (Å²) in [6, 6.07) is 12.1. The van der Waals surface area contributed by atoms with Gasteiger partial charge in [-0.25, -0.2) is 4.79 Å². The van der Waals surface area contributed by atoms with Gasteiger partial charge in [-0.1, -0.05) is 18.2 Å². The second-order valence-electron chi connectivity index (χ2n) is 6.17. The zero-order chi connectivity index (χ0) is 19.9. The Morgan fingerprint density at radius 3 is 2.79 bits per heavy atom. The zero-order valence-corrected chi connectivity index (χ0v) is 15.9. The molecule has 7 nitrogen and oxygen atoms in total. The van der Waals surface area contributed by atoms with Crippen LogP contribution in [-0.2, 0) is 9.53 Å². The first-order valence-corrected chi connectivity index (χ1v) is 9.11. The maximum Gasteiger partial charge on any atom is 0.338 e. The van der Waals surface area contributed by atoms with Crippen LogP contribution in [0.2, 0.25) is 0 Å². The zero-order valence-electron chi connectivity index (χ0n) is 15.9. The molecule has 0 saturated heterocycles. The van der Waals surface area contributed by atoms with E-state index in [1.807, 2.05) is 31.2 Å². The van der Waals surface area contributed by atoms with Crippen LogP contribution in [0, 0.1) is 0 Å². The molecule has 28 heavy (non-hydrogen) atoms. The minimum atomic E-state index is -0.605. The summed E-state index contributed by atoms with van der Waals surface area (Å²) in [4.78, 5) is 24.5. The van der Waals surface area contributed by atoms with Gasteiger partial charge in [-0.2, -0.15) is 0 Å². The first-order valence-electron chi connectivity index (χ1n) is 9.11. The van der Waals surface area contributed by atoms with Crippen LogP contribution in [0.4, 0.5) is 0 Å². The monoisotopic (exact) mass is 385 g/mol. The van der Waals surface area contributed by atoms with E-state index < -0.39 is 5.97 Å². The normalized spacial score (nSPS) is 15.0. The molecule has 1 unspecified atom stereocenters. The van der Waals surface area contributed by atoms with Gasteiger partial charge in [0.05, 0.1) is 31.9 Å². The summed E-state index contributed by atoms with van der Waals surface area (Å²) in [6.07, 6.45) is 0.660. The highest BCUT2D eigenvalue weighted by Gasteiger charge is 2.23. The Kier molecular flexibility index (Phi) is 6.37. The summed E-state index contributed by atoms with van der Waals surface area (Å²) < 4.78 is 21.4. The third-order valence-corrected chi connectivity index (χ3v) is 4.33. The topological polar surface area (TPSA) is 83.1 Å². The van der Waals surface area contributed by atoms with E-state index in [1.165, 1.54) is 13.2 Å². The molecule has 1 aliphatic rings. The molecule has 3 rings (SSSR count). The highest BCUT2D eigenvalue weighted by Crippen LogP contribution is 2.31. The molecule has 1 aliphatic heterocycles. The number of fused-ring (bicyclic) bond motifs is 1. The Labute approximate surface area is 163 Å². The van der Waals surface area contributed by atoms with Gasteiger partial charge in [0.25, 0.3) is 5.91 Å². The van der Waals surface area contributed by atoms with E-state index in [-0.39, 0.29) is 24.1 Å². The van der Waals surface area contributed by atoms with E-state index in [4.69, 9.17) is 18.9 Å². The van der Waals surface area contributed by atoms with Crippen LogP contribution in [0.1, 0.15) is 35.3 Å². The van der Waals surface area contributed by atoms with Crippen molar-refractivity contribution in [1.29, 1.82) is 0 Å². The Bertz CT molecular complexity index is 851. The first-order chi connectivity index (χ1) is 13.6. The minimum Gasteiger partial charge on any atom is -0.493 e. The summed E-state index contributed by atoms with van der Waals surface area (Å²) in [6.45, 7) is 2.43. The van der Waals surface area contributed by atoms with Crippen molar-refractivity contribution in [3.8, 4) is 17.2 Å². The molecule has 2 aromatic rings. The van der Waals surface area contributed by atoms with Gasteiger partial charge in [-0.15, -0.1) is 0 Å². The van der Waals surface area contributed by atoms with Crippen LogP contribution in [0.5, 0.6) is 17.2 Å². The van der Waals surface area contributed by atoms with Gasteiger partial charge in [-0.3, -0.25) is 4.79 Å². The lowest BCUT2D eigenvalue weighted by Crippen LogP contribution is -2.35. The third-order valence-electron chi connectivity index (χ3n) is 4.33. The van der Waals surface area contributed by atoms with Gasteiger partial charge in [0.15, 0.2) is 18.1 Å². The Balaban J connectivity index is 1.58. The van der Waals surface area contributed by atoms with E-state index in [1.54, 1.807) is 12.1 Å². The summed E-state index contributed by atoms with van der Waals surface area (Å²) in [5.74, 6) is 0.759. The third kappa shape index (κ3) is 4.54. The van der Waals surface area contributed by atoms with Crippen molar-refractivity contribution >= 4 is 11.9 Å². The summed E-state index contributed by atoms with van der Waals surface area (Å²) in [5, 5.41) is 2.89. The van der Waals surface area contributed by atoms with Crippen LogP contribution in [0.3, 0.4) is 0 Å². The van der Waals surface area contributed by atoms with E-state index in [2.05, 4.69) is 5.32 Å². The molecule has 1 N–H and O–H groups in total. The van der Waals surface area contributed by atoms with Gasteiger partial charge in [-0.05, 0) is 31.2 Å². The molecule has 0 aromatic heterocycles. The molecule has 0 bridgehead atoms. The Morgan fingerprint density at radius 2 is 2.00 bits per heavy atom. The van der Waals surface area contributed by atoms with E-state index in [0.717, 1.165) is 11.3 Å². The van der Waals surface area contributed by atoms with Gasteiger partial charge in [0.2, 0.25) is 0 Å². The molecule has 0 fully saturated rings. The SMILES string of the molecule is CCOc1cc(C(=O)OCC(=O)NC2CCOc3ccccc32)ccc1OC. The summed E-state index contributed by atoms with van der Waals surface area (Å²) >= 11 is 0. The molecule has 0 aliphatic carbocycles. The standard InChI is InChI=1S/C21H23NO6/c1-3-26-19-12-14(8-9-18(19)25-2)21(24)28-13-20(23)22-16-10-11-27-17-7-5-4-6-15(16)17/h4-9,12,16H,3,10-11,13H2,1-2H3,(H,22,23). The Hall–Kier alpha value is -3.22. The van der Waals surface area contributed by atoms with Crippen LogP contribution >= 0.6 is 0 Å². The highest BCUT2D eigenvalue weighted by molar-refractivity contribution is 5.92. The van der Waals surface area contributed by atoms with Crippen molar-refractivity contribution in [2.45, 2.75) is 19.4 Å². The number of esters is 1. The summed E-state index contributed by atoms with van der Waals surface area (Å²) in [7, 11) is 1.52. The van der Waals surface area contributed by atoms with Gasteiger partial charge >= 0.3 is 5.97 Å². The van der Waals surface area contributed by atoms with Crippen molar-refractivity contribution in [1.82, 2.24) is 5.32 Å². The molecule has 0 radical (unpaired) electrons. The number of rotatable bonds is 7. The maximum absolute atomic E-state index is 12.3. The van der Waals surface area contributed by atoms with E-state index in [0.29, 0.717) is 31.1 Å². The van der Waals surface area contributed by atoms with Crippen molar-refractivity contribution in [3.05, 3.63) is 53.6 Å². The van der Waals surface area contributed by atoms with Crippen molar-refractivity contribution in [2.24, 2.45) is 0 Å². The molecule has 0 saturated carbocycles. The number of carbonyl (C=O) groups excluding carboxylic acids is 2. The number of nitrogens with one attached hydrogen (secondary N) is 1. The van der Waals surface area contributed by atoms with Gasteiger partial charge in [0, 0.05) is 12.0 Å². The fourth-order valence-corrected chi connectivity index (χ4v) is 3.01. The smallest absolute Gasteiger partial charge is 0.338 e. The average molecular weight is 385 g/mol. The number of benzene rings is 2. The fourth-order valence-electron chi connectivity index (χ4n) is 3.01. The van der Waals surface area contributed by atoms with Gasteiger partial charge in [0.1, 0.15) is 5.75 Å². The summed E-state index contributed by atoms with van der Waals surface area (Å²) in [5.41, 5.74) is 1.21. The lowest BCUT2D eigenvalue weighted by molar-refractivity contribution is -0.125.